The van der Waals surface area contributed by atoms with Crippen molar-refractivity contribution < 1.29 is 53.9 Å². The molecule has 0 saturated carbocycles. The Bertz CT molecular complexity index is 2240. The predicted octanol–water partition coefficient (Wildman–Crippen LogP) is 5.39. The van der Waals surface area contributed by atoms with Crippen LogP contribution < -0.4 is 10.6 Å². The lowest BCUT2D eigenvalue weighted by Crippen LogP contribution is -2.43. The smallest absolute Gasteiger partial charge is 0.410 e. The highest BCUT2D eigenvalue weighted by Gasteiger charge is 2.23. The van der Waals surface area contributed by atoms with Crippen LogP contribution in [0.25, 0.3) is 12.2 Å². The first-order valence-corrected chi connectivity index (χ1v) is 22.5. The lowest BCUT2D eigenvalue weighted by molar-refractivity contribution is -0.129. The van der Waals surface area contributed by atoms with Crippen LogP contribution in [0, 0.1) is 0 Å². The number of nitrogens with one attached hydrogen (secondary N) is 2. The van der Waals surface area contributed by atoms with Gasteiger partial charge in [0.15, 0.2) is 0 Å². The van der Waals surface area contributed by atoms with E-state index in [1.807, 2.05) is 60.7 Å². The van der Waals surface area contributed by atoms with Crippen LogP contribution in [0.1, 0.15) is 36.1 Å². The molecule has 328 valence electrons. The number of hydrogen-bond acceptors (Lipinski definition) is 13. The van der Waals surface area contributed by atoms with Gasteiger partial charge in [-0.1, -0.05) is 97.1 Å². The van der Waals surface area contributed by atoms with E-state index in [9.17, 15) is 36.0 Å². The normalized spacial score (nSPS) is 12.4. The van der Waals surface area contributed by atoms with Gasteiger partial charge in [-0.2, -0.15) is 16.8 Å². The zero-order chi connectivity index (χ0) is 44.8. The fourth-order valence-electron chi connectivity index (χ4n) is 5.56. The van der Waals surface area contributed by atoms with Crippen molar-refractivity contribution in [3.63, 3.8) is 0 Å². The quantitative estimate of drug-likeness (QED) is 0.0613. The minimum absolute atomic E-state index is 0.0274. The van der Waals surface area contributed by atoms with Gasteiger partial charge in [-0.25, -0.2) is 4.79 Å². The van der Waals surface area contributed by atoms with E-state index in [0.29, 0.717) is 24.5 Å². The second kappa shape index (κ2) is 25.0. The van der Waals surface area contributed by atoms with E-state index in [1.165, 1.54) is 6.92 Å². The molecule has 4 aromatic carbocycles. The summed E-state index contributed by atoms with van der Waals surface area (Å²) in [6.07, 6.45) is 3.33. The zero-order valence-corrected chi connectivity index (χ0v) is 36.3. The molecule has 0 aliphatic carbocycles. The highest BCUT2D eigenvalue weighted by Crippen LogP contribution is 2.16. The molecule has 4 rings (SSSR count). The average Bonchev–Trinajstić information content (AvgIpc) is 3.18. The number of amides is 3. The maximum absolute atomic E-state index is 12.9. The molecule has 0 radical (unpaired) electrons. The Morgan fingerprint density at radius 2 is 1.05 bits per heavy atom. The van der Waals surface area contributed by atoms with Gasteiger partial charge in [-0.05, 0) is 67.4 Å². The Morgan fingerprint density at radius 1 is 0.623 bits per heavy atom. The van der Waals surface area contributed by atoms with Crippen molar-refractivity contribution in [1.29, 1.82) is 0 Å². The van der Waals surface area contributed by atoms with Crippen LogP contribution in [-0.4, -0.2) is 109 Å². The monoisotopic (exact) mass is 880 g/mol. The van der Waals surface area contributed by atoms with Crippen molar-refractivity contribution in [2.24, 2.45) is 0 Å². The van der Waals surface area contributed by atoms with Crippen LogP contribution in [0.3, 0.4) is 0 Å². The van der Waals surface area contributed by atoms with Gasteiger partial charge in [-0.3, -0.25) is 32.5 Å². The predicted molar refractivity (Wildman–Crippen MR) is 233 cm³/mol. The Morgan fingerprint density at radius 3 is 1.49 bits per heavy atom. The number of carbonyl (C=O) groups excluding carboxylic acids is 4. The molecule has 16 nitrogen and oxygen atoms in total. The van der Waals surface area contributed by atoms with Gasteiger partial charge in [0.05, 0.1) is 37.8 Å². The van der Waals surface area contributed by atoms with E-state index < -0.39 is 51.0 Å². The molecule has 0 aliphatic rings. The van der Waals surface area contributed by atoms with Crippen LogP contribution in [0.15, 0.2) is 109 Å². The Labute approximate surface area is 357 Å². The largest absolute Gasteiger partial charge is 0.463 e. The molecular weight excluding hydrogens is 829 g/mol. The van der Waals surface area contributed by atoms with E-state index in [2.05, 4.69) is 15.4 Å². The SMILES string of the molecule is CC(CN(C)CC(=O)Nc1ccc(/C=C/c2ccc(NC(=O)CN(CC(C)OS(C)(=O)=O)C(=O)OCc3ccccc3)cc2)cc1)OS(C)(=O)=O.O=COCc1ccccc1. The molecule has 0 bridgehead atoms. The highest BCUT2D eigenvalue weighted by atomic mass is 32.2. The number of ether oxygens (including phenoxy) is 2. The third kappa shape index (κ3) is 21.8. The van der Waals surface area contributed by atoms with Gasteiger partial charge < -0.3 is 20.1 Å². The molecule has 2 unspecified atom stereocenters. The average molecular weight is 881 g/mol. The van der Waals surface area contributed by atoms with E-state index in [0.717, 1.165) is 39.7 Å². The van der Waals surface area contributed by atoms with Crippen LogP contribution >= 0.6 is 0 Å². The molecule has 0 fully saturated rings. The summed E-state index contributed by atoms with van der Waals surface area (Å²) in [6, 6.07) is 32.7. The van der Waals surface area contributed by atoms with Crippen molar-refractivity contribution in [2.75, 3.05) is 56.4 Å². The summed E-state index contributed by atoms with van der Waals surface area (Å²) >= 11 is 0. The molecule has 18 heteroatoms. The lowest BCUT2D eigenvalue weighted by Gasteiger charge is -2.24. The molecule has 0 spiro atoms. The number of nitrogens with zero attached hydrogens (tertiary/aromatic N) is 2. The number of rotatable bonds is 21. The summed E-state index contributed by atoms with van der Waals surface area (Å²) in [6.45, 7) is 3.58. The molecule has 0 heterocycles. The van der Waals surface area contributed by atoms with Crippen molar-refractivity contribution in [2.45, 2.75) is 39.3 Å². The summed E-state index contributed by atoms with van der Waals surface area (Å²) in [5, 5.41) is 5.54. The first-order valence-electron chi connectivity index (χ1n) is 18.8. The number of anilines is 2. The fourth-order valence-corrected chi connectivity index (χ4v) is 6.87. The Hall–Kier alpha value is -5.92. The van der Waals surface area contributed by atoms with Gasteiger partial charge in [-0.15, -0.1) is 0 Å². The van der Waals surface area contributed by atoms with Crippen LogP contribution in [0.2, 0.25) is 0 Å². The maximum Gasteiger partial charge on any atom is 0.410 e. The van der Waals surface area contributed by atoms with Crippen molar-refractivity contribution in [3.05, 3.63) is 131 Å². The number of likely N-dealkylation sites (N-methyl/N-ethyl adjacent to an activating group) is 1. The van der Waals surface area contributed by atoms with Crippen LogP contribution in [0.4, 0.5) is 16.2 Å². The van der Waals surface area contributed by atoms with Gasteiger partial charge in [0.2, 0.25) is 11.8 Å². The molecule has 0 aliphatic heterocycles. The number of carbonyl (C=O) groups is 4. The number of hydrogen-bond donors (Lipinski definition) is 2. The van der Waals surface area contributed by atoms with E-state index in [4.69, 9.17) is 13.1 Å². The highest BCUT2D eigenvalue weighted by molar-refractivity contribution is 7.86. The first-order chi connectivity index (χ1) is 28.9. The third-order valence-electron chi connectivity index (χ3n) is 7.95. The van der Waals surface area contributed by atoms with Gasteiger partial charge >= 0.3 is 6.09 Å². The van der Waals surface area contributed by atoms with Crippen LogP contribution in [-0.2, 0) is 65.7 Å². The topological polar surface area (TPSA) is 204 Å². The van der Waals surface area contributed by atoms with E-state index >= 15 is 0 Å². The third-order valence-corrected chi connectivity index (χ3v) is 9.31. The molecule has 3 amide bonds. The second-order valence-corrected chi connectivity index (χ2v) is 17.1. The van der Waals surface area contributed by atoms with Crippen molar-refractivity contribution in [1.82, 2.24) is 9.80 Å². The molecule has 4 aromatic rings. The minimum Gasteiger partial charge on any atom is -0.463 e. The second-order valence-electron chi connectivity index (χ2n) is 13.9. The Kier molecular flexibility index (Phi) is 20.3. The minimum atomic E-state index is -3.79. The van der Waals surface area contributed by atoms with Gasteiger partial charge in [0.25, 0.3) is 26.7 Å². The molecule has 0 saturated heterocycles. The first kappa shape index (κ1) is 49.4. The standard InChI is InChI=1S/C35H44N4O10S2.C8H8O2/c1-26(48-50(4,43)44)21-38(3)23-33(40)36-31-17-13-28(14-18-31)11-12-29-15-19-32(20-16-29)37-34(41)24-39(22-27(2)49-51(5,45)46)35(42)47-25-30-9-7-6-8-10-30;9-7-10-6-8-4-2-1-3-5-8/h6-20,26-27H,21-25H2,1-5H3,(H,36,40)(H,37,41);1-5,7H,6H2/b12-11+;. The van der Waals surface area contributed by atoms with Crippen molar-refractivity contribution in [3.8, 4) is 0 Å². The summed E-state index contributed by atoms with van der Waals surface area (Å²) < 4.78 is 65.5. The zero-order valence-electron chi connectivity index (χ0n) is 34.6. The molecule has 61 heavy (non-hydrogen) atoms. The summed E-state index contributed by atoms with van der Waals surface area (Å²) in [7, 11) is -5.67. The summed E-state index contributed by atoms with van der Waals surface area (Å²) in [5.74, 6) is -0.776. The van der Waals surface area contributed by atoms with Crippen LogP contribution in [0.5, 0.6) is 0 Å². The molecule has 2 atom stereocenters. The Balaban J connectivity index is 0.000000866. The van der Waals surface area contributed by atoms with Gasteiger partial charge in [0, 0.05) is 17.9 Å². The van der Waals surface area contributed by atoms with E-state index in [1.54, 1.807) is 79.5 Å². The summed E-state index contributed by atoms with van der Waals surface area (Å²) in [5.41, 5.74) is 4.57. The maximum atomic E-state index is 12.9. The lowest BCUT2D eigenvalue weighted by atomic mass is 10.1. The summed E-state index contributed by atoms with van der Waals surface area (Å²) in [4.78, 5) is 50.7. The molecule has 2 N–H and O–H groups in total. The molecular formula is C43H52N4O12S2. The fraction of sp³-hybridized carbons (Fsp3) is 0.302. The molecule has 0 aromatic heterocycles. The van der Waals surface area contributed by atoms with Crippen molar-refractivity contribution >= 4 is 68.1 Å². The number of benzene rings is 4. The van der Waals surface area contributed by atoms with E-state index in [-0.39, 0.29) is 32.1 Å². The van der Waals surface area contributed by atoms with Gasteiger partial charge in [0.1, 0.15) is 19.8 Å².